The van der Waals surface area contributed by atoms with Crippen molar-refractivity contribution >= 4 is 0 Å². The van der Waals surface area contributed by atoms with E-state index in [2.05, 4.69) is 22.8 Å². The molecule has 2 unspecified atom stereocenters. The Hall–Kier alpha value is -1.26. The van der Waals surface area contributed by atoms with E-state index in [4.69, 9.17) is 9.47 Å². The summed E-state index contributed by atoms with van der Waals surface area (Å²) >= 11 is 0. The van der Waals surface area contributed by atoms with Crippen molar-refractivity contribution in [1.29, 1.82) is 0 Å². The Morgan fingerprint density at radius 1 is 1.05 bits per heavy atom. The molecule has 2 fully saturated rings. The van der Waals surface area contributed by atoms with Gasteiger partial charge >= 0.3 is 0 Å². The number of piperidine rings is 2. The highest BCUT2D eigenvalue weighted by molar-refractivity contribution is 5.44. The maximum Gasteiger partial charge on any atom is 0.161 e. The van der Waals surface area contributed by atoms with E-state index in [9.17, 15) is 0 Å². The van der Waals surface area contributed by atoms with Gasteiger partial charge in [0.05, 0.1) is 7.11 Å². The van der Waals surface area contributed by atoms with Crippen LogP contribution < -0.4 is 20.1 Å². The minimum atomic E-state index is 0.252. The Bertz CT molecular complexity index is 452. The molecule has 0 aliphatic carbocycles. The van der Waals surface area contributed by atoms with Gasteiger partial charge in [0.15, 0.2) is 11.5 Å². The second-order valence-corrected chi connectivity index (χ2v) is 6.00. The average Bonchev–Trinajstić information content (AvgIpc) is 2.56. The van der Waals surface area contributed by atoms with Crippen LogP contribution in [0.25, 0.3) is 0 Å². The number of ether oxygens (including phenoxy) is 2. The molecule has 2 heterocycles. The molecule has 21 heavy (non-hydrogen) atoms. The van der Waals surface area contributed by atoms with Gasteiger partial charge in [-0.05, 0) is 56.5 Å². The Labute approximate surface area is 127 Å². The molecule has 116 valence electrons. The van der Waals surface area contributed by atoms with E-state index in [1.807, 2.05) is 6.07 Å². The largest absolute Gasteiger partial charge is 0.493 e. The van der Waals surface area contributed by atoms with Gasteiger partial charge in [-0.25, -0.2) is 0 Å². The number of hydrogen-bond acceptors (Lipinski definition) is 4. The summed E-state index contributed by atoms with van der Waals surface area (Å²) in [5.41, 5.74) is 1.31. The number of methoxy groups -OCH3 is 1. The first kappa shape index (κ1) is 14.7. The standard InChI is InChI=1S/C17H26N2O2/c1-20-16-8-7-13(15-6-2-3-10-19-15)11-17(16)21-14-5-4-9-18-12-14/h7-8,11,14-15,18-19H,2-6,9-10,12H2,1H3. The highest BCUT2D eigenvalue weighted by Gasteiger charge is 2.20. The molecule has 2 N–H and O–H groups in total. The summed E-state index contributed by atoms with van der Waals surface area (Å²) in [6, 6.07) is 6.82. The number of nitrogens with one attached hydrogen (secondary N) is 2. The third kappa shape index (κ3) is 3.69. The zero-order valence-electron chi connectivity index (χ0n) is 12.9. The van der Waals surface area contributed by atoms with Gasteiger partial charge in [0, 0.05) is 12.6 Å². The topological polar surface area (TPSA) is 42.5 Å². The van der Waals surface area contributed by atoms with E-state index >= 15 is 0 Å². The van der Waals surface area contributed by atoms with Crippen molar-refractivity contribution < 1.29 is 9.47 Å². The molecule has 4 nitrogen and oxygen atoms in total. The van der Waals surface area contributed by atoms with Gasteiger partial charge in [-0.2, -0.15) is 0 Å². The van der Waals surface area contributed by atoms with Gasteiger partial charge < -0.3 is 20.1 Å². The van der Waals surface area contributed by atoms with Crippen LogP contribution in [-0.4, -0.2) is 32.8 Å². The lowest BCUT2D eigenvalue weighted by Crippen LogP contribution is -2.37. The highest BCUT2D eigenvalue weighted by atomic mass is 16.5. The third-order valence-corrected chi connectivity index (χ3v) is 4.45. The SMILES string of the molecule is COc1ccc(C2CCCCN2)cc1OC1CCCNC1. The molecular weight excluding hydrogens is 264 g/mol. The van der Waals surface area contributed by atoms with Crippen molar-refractivity contribution in [3.05, 3.63) is 23.8 Å². The van der Waals surface area contributed by atoms with Crippen molar-refractivity contribution in [3.63, 3.8) is 0 Å². The molecular formula is C17H26N2O2. The van der Waals surface area contributed by atoms with Gasteiger partial charge in [-0.1, -0.05) is 12.5 Å². The van der Waals surface area contributed by atoms with E-state index in [1.165, 1.54) is 31.2 Å². The summed E-state index contributed by atoms with van der Waals surface area (Å²) in [4.78, 5) is 0. The first-order chi connectivity index (χ1) is 10.4. The molecule has 0 radical (unpaired) electrons. The van der Waals surface area contributed by atoms with Crippen molar-refractivity contribution in [3.8, 4) is 11.5 Å². The smallest absolute Gasteiger partial charge is 0.161 e. The highest BCUT2D eigenvalue weighted by Crippen LogP contribution is 2.33. The van der Waals surface area contributed by atoms with Gasteiger partial charge in [-0.15, -0.1) is 0 Å². The molecule has 0 spiro atoms. The second-order valence-electron chi connectivity index (χ2n) is 6.00. The lowest BCUT2D eigenvalue weighted by molar-refractivity contribution is 0.161. The van der Waals surface area contributed by atoms with E-state index in [0.29, 0.717) is 6.04 Å². The summed E-state index contributed by atoms with van der Waals surface area (Å²) in [7, 11) is 1.71. The summed E-state index contributed by atoms with van der Waals surface area (Å²) in [5.74, 6) is 1.72. The fourth-order valence-corrected chi connectivity index (χ4v) is 3.24. The van der Waals surface area contributed by atoms with Crippen LogP contribution in [-0.2, 0) is 0 Å². The van der Waals surface area contributed by atoms with Crippen LogP contribution in [0.2, 0.25) is 0 Å². The van der Waals surface area contributed by atoms with Gasteiger partial charge in [0.2, 0.25) is 0 Å². The van der Waals surface area contributed by atoms with Gasteiger partial charge in [-0.3, -0.25) is 0 Å². The zero-order chi connectivity index (χ0) is 14.5. The van der Waals surface area contributed by atoms with Gasteiger partial charge in [0.25, 0.3) is 0 Å². The second kappa shape index (κ2) is 7.14. The van der Waals surface area contributed by atoms with E-state index in [1.54, 1.807) is 7.11 Å². The van der Waals surface area contributed by atoms with Crippen LogP contribution in [0.4, 0.5) is 0 Å². The van der Waals surface area contributed by atoms with Crippen LogP contribution in [0.1, 0.15) is 43.7 Å². The van der Waals surface area contributed by atoms with Crippen LogP contribution in [0.3, 0.4) is 0 Å². The summed E-state index contributed by atoms with van der Waals surface area (Å²) in [6.45, 7) is 3.14. The predicted octanol–water partition coefficient (Wildman–Crippen LogP) is 2.64. The fourth-order valence-electron chi connectivity index (χ4n) is 3.24. The van der Waals surface area contributed by atoms with E-state index < -0.39 is 0 Å². The summed E-state index contributed by atoms with van der Waals surface area (Å²) in [6.07, 6.45) is 6.33. The summed E-state index contributed by atoms with van der Waals surface area (Å²) in [5, 5.41) is 6.99. The zero-order valence-corrected chi connectivity index (χ0v) is 12.9. The Morgan fingerprint density at radius 3 is 2.71 bits per heavy atom. The Kier molecular flexibility index (Phi) is 4.99. The number of rotatable bonds is 4. The molecule has 4 heteroatoms. The monoisotopic (exact) mass is 290 g/mol. The van der Waals surface area contributed by atoms with E-state index in [-0.39, 0.29) is 6.10 Å². The van der Waals surface area contributed by atoms with Crippen LogP contribution in [0, 0.1) is 0 Å². The molecule has 2 atom stereocenters. The third-order valence-electron chi connectivity index (χ3n) is 4.45. The quantitative estimate of drug-likeness (QED) is 0.894. The fraction of sp³-hybridized carbons (Fsp3) is 0.647. The Morgan fingerprint density at radius 2 is 2.00 bits per heavy atom. The minimum Gasteiger partial charge on any atom is -0.493 e. The lowest BCUT2D eigenvalue weighted by Gasteiger charge is -2.27. The molecule has 0 bridgehead atoms. The average molecular weight is 290 g/mol. The molecule has 0 aromatic heterocycles. The summed E-state index contributed by atoms with van der Waals surface area (Å²) < 4.78 is 11.7. The first-order valence-corrected chi connectivity index (χ1v) is 8.15. The predicted molar refractivity (Wildman–Crippen MR) is 84.1 cm³/mol. The van der Waals surface area contributed by atoms with Gasteiger partial charge in [0.1, 0.15) is 6.10 Å². The van der Waals surface area contributed by atoms with Crippen LogP contribution in [0.5, 0.6) is 11.5 Å². The Balaban J connectivity index is 1.75. The molecule has 0 saturated carbocycles. The molecule has 2 aliphatic heterocycles. The van der Waals surface area contributed by atoms with Crippen molar-refractivity contribution in [2.75, 3.05) is 26.7 Å². The number of hydrogen-bond donors (Lipinski definition) is 2. The van der Waals surface area contributed by atoms with Crippen LogP contribution >= 0.6 is 0 Å². The normalized spacial score (nSPS) is 26.3. The maximum absolute atomic E-state index is 6.19. The molecule has 3 rings (SSSR count). The lowest BCUT2D eigenvalue weighted by atomic mass is 9.97. The first-order valence-electron chi connectivity index (χ1n) is 8.15. The van der Waals surface area contributed by atoms with Crippen molar-refractivity contribution in [2.24, 2.45) is 0 Å². The molecule has 1 aromatic carbocycles. The minimum absolute atomic E-state index is 0.252. The molecule has 0 amide bonds. The van der Waals surface area contributed by atoms with E-state index in [0.717, 1.165) is 37.6 Å². The van der Waals surface area contributed by atoms with Crippen molar-refractivity contribution in [1.82, 2.24) is 10.6 Å². The maximum atomic E-state index is 6.19. The molecule has 2 aliphatic rings. The molecule has 2 saturated heterocycles. The molecule has 1 aromatic rings. The van der Waals surface area contributed by atoms with Crippen LogP contribution in [0.15, 0.2) is 18.2 Å². The number of benzene rings is 1. The van der Waals surface area contributed by atoms with Crippen molar-refractivity contribution in [2.45, 2.75) is 44.2 Å².